The van der Waals surface area contributed by atoms with Crippen molar-refractivity contribution in [2.75, 3.05) is 18.4 Å². The Balaban J connectivity index is 1.71. The third-order valence-electron chi connectivity index (χ3n) is 5.44. The summed E-state index contributed by atoms with van der Waals surface area (Å²) < 4.78 is 0. The molecule has 1 saturated heterocycles. The first-order valence-electron chi connectivity index (χ1n) is 8.07. The Morgan fingerprint density at radius 3 is 2.83 bits per heavy atom. The smallest absolute Gasteiger partial charge is 0.311 e. The molecule has 3 rings (SSSR count). The average molecular weight is 371 g/mol. The molecule has 5 nitrogen and oxygen atoms in total. The van der Waals surface area contributed by atoms with Crippen LogP contribution >= 0.6 is 23.2 Å². The third-order valence-corrected chi connectivity index (χ3v) is 6.00. The molecule has 1 amide bonds. The van der Waals surface area contributed by atoms with Crippen LogP contribution in [-0.4, -0.2) is 41.0 Å². The summed E-state index contributed by atoms with van der Waals surface area (Å²) in [5.41, 5.74) is -0.226. The summed E-state index contributed by atoms with van der Waals surface area (Å²) in [6, 6.07) is 4.46. The number of anilines is 1. The molecule has 1 aliphatic heterocycles. The van der Waals surface area contributed by atoms with Gasteiger partial charge in [0.2, 0.25) is 5.91 Å². The predicted octanol–water partition coefficient (Wildman–Crippen LogP) is 3.51. The van der Waals surface area contributed by atoms with E-state index in [0.29, 0.717) is 35.2 Å². The number of carboxylic acid groups (broad SMARTS) is 1. The summed E-state index contributed by atoms with van der Waals surface area (Å²) >= 11 is 12.0. The van der Waals surface area contributed by atoms with Gasteiger partial charge in [-0.15, -0.1) is 0 Å². The number of fused-ring (bicyclic) bond motifs is 1. The van der Waals surface area contributed by atoms with Crippen LogP contribution in [0.25, 0.3) is 0 Å². The van der Waals surface area contributed by atoms with Crippen LogP contribution in [0.3, 0.4) is 0 Å². The van der Waals surface area contributed by atoms with Crippen molar-refractivity contribution >= 4 is 40.8 Å². The minimum absolute atomic E-state index is 0.125. The number of hydrogen-bond donors (Lipinski definition) is 2. The second-order valence-electron chi connectivity index (χ2n) is 6.77. The van der Waals surface area contributed by atoms with Gasteiger partial charge < -0.3 is 10.4 Å². The van der Waals surface area contributed by atoms with Crippen molar-refractivity contribution in [2.24, 2.45) is 11.3 Å². The van der Waals surface area contributed by atoms with E-state index in [2.05, 4.69) is 5.32 Å². The van der Waals surface area contributed by atoms with E-state index in [1.165, 1.54) is 0 Å². The zero-order valence-electron chi connectivity index (χ0n) is 13.4. The highest BCUT2D eigenvalue weighted by atomic mass is 35.5. The molecule has 130 valence electrons. The van der Waals surface area contributed by atoms with Gasteiger partial charge in [-0.2, -0.15) is 0 Å². The van der Waals surface area contributed by atoms with Gasteiger partial charge in [-0.3, -0.25) is 14.5 Å². The van der Waals surface area contributed by atoms with Crippen molar-refractivity contribution < 1.29 is 14.7 Å². The Kier molecular flexibility index (Phi) is 4.78. The van der Waals surface area contributed by atoms with Crippen LogP contribution in [0.15, 0.2) is 18.2 Å². The normalized spacial score (nSPS) is 27.7. The van der Waals surface area contributed by atoms with E-state index in [1.807, 2.05) is 4.90 Å². The predicted molar refractivity (Wildman–Crippen MR) is 93.5 cm³/mol. The van der Waals surface area contributed by atoms with Gasteiger partial charge in [0.05, 0.1) is 22.2 Å². The van der Waals surface area contributed by atoms with E-state index in [0.717, 1.165) is 12.8 Å². The summed E-state index contributed by atoms with van der Waals surface area (Å²) in [4.78, 5) is 26.3. The number of amides is 1. The molecule has 0 radical (unpaired) electrons. The molecular formula is C17H20Cl2N2O3. The Hall–Kier alpha value is -1.30. The molecule has 0 spiro atoms. The molecule has 1 saturated carbocycles. The molecule has 1 aliphatic carbocycles. The highest BCUT2D eigenvalue weighted by Gasteiger charge is 2.55. The van der Waals surface area contributed by atoms with Crippen molar-refractivity contribution in [1.82, 2.24) is 4.90 Å². The van der Waals surface area contributed by atoms with Gasteiger partial charge in [0.15, 0.2) is 0 Å². The maximum atomic E-state index is 12.6. The van der Waals surface area contributed by atoms with Crippen LogP contribution in [-0.2, 0) is 9.59 Å². The zero-order chi connectivity index (χ0) is 17.5. The minimum Gasteiger partial charge on any atom is -0.481 e. The monoisotopic (exact) mass is 370 g/mol. The van der Waals surface area contributed by atoms with Crippen LogP contribution in [0.1, 0.15) is 26.2 Å². The van der Waals surface area contributed by atoms with Gasteiger partial charge in [0, 0.05) is 18.1 Å². The fourth-order valence-corrected chi connectivity index (χ4v) is 4.31. The average Bonchev–Trinajstić information content (AvgIpc) is 3.08. The van der Waals surface area contributed by atoms with Crippen molar-refractivity contribution in [1.29, 1.82) is 0 Å². The van der Waals surface area contributed by atoms with Gasteiger partial charge in [-0.05, 0) is 43.9 Å². The van der Waals surface area contributed by atoms with Crippen LogP contribution in [0.5, 0.6) is 0 Å². The molecule has 0 bridgehead atoms. The lowest BCUT2D eigenvalue weighted by Crippen LogP contribution is -2.43. The summed E-state index contributed by atoms with van der Waals surface area (Å²) in [5.74, 6) is -0.822. The highest BCUT2D eigenvalue weighted by molar-refractivity contribution is 6.35. The Labute approximate surface area is 150 Å². The molecule has 3 atom stereocenters. The summed E-state index contributed by atoms with van der Waals surface area (Å²) in [6.07, 6.45) is 2.55. The second-order valence-corrected chi connectivity index (χ2v) is 7.61. The molecule has 1 unspecified atom stereocenters. The van der Waals surface area contributed by atoms with E-state index >= 15 is 0 Å². The first-order valence-corrected chi connectivity index (χ1v) is 8.82. The number of carbonyl (C=O) groups excluding carboxylic acids is 1. The lowest BCUT2D eigenvalue weighted by atomic mass is 9.81. The van der Waals surface area contributed by atoms with Gasteiger partial charge in [0.25, 0.3) is 0 Å². The van der Waals surface area contributed by atoms with Crippen molar-refractivity contribution in [3.8, 4) is 0 Å². The SMILES string of the molecule is CC(C(=O)Nc1cc(Cl)ccc1Cl)N1C[C@@H]2CCC[C@@]2(C(=O)O)C1. The highest BCUT2D eigenvalue weighted by Crippen LogP contribution is 2.49. The second kappa shape index (κ2) is 6.54. The van der Waals surface area contributed by atoms with E-state index < -0.39 is 17.4 Å². The van der Waals surface area contributed by atoms with Crippen LogP contribution in [0.2, 0.25) is 10.0 Å². The number of carboxylic acids is 1. The van der Waals surface area contributed by atoms with Gasteiger partial charge >= 0.3 is 5.97 Å². The van der Waals surface area contributed by atoms with Gasteiger partial charge in [0.1, 0.15) is 0 Å². The summed E-state index contributed by atoms with van der Waals surface area (Å²) in [7, 11) is 0. The molecule has 2 aliphatic rings. The molecule has 0 aromatic heterocycles. The van der Waals surface area contributed by atoms with Crippen molar-refractivity contribution in [3.63, 3.8) is 0 Å². The number of hydrogen-bond acceptors (Lipinski definition) is 3. The number of carbonyl (C=O) groups is 2. The lowest BCUT2D eigenvalue weighted by Gasteiger charge is -2.26. The zero-order valence-corrected chi connectivity index (χ0v) is 14.9. The van der Waals surface area contributed by atoms with E-state index in [4.69, 9.17) is 23.2 Å². The van der Waals surface area contributed by atoms with Crippen molar-refractivity contribution in [2.45, 2.75) is 32.2 Å². The first kappa shape index (κ1) is 17.5. The topological polar surface area (TPSA) is 69.6 Å². The maximum Gasteiger partial charge on any atom is 0.311 e. The van der Waals surface area contributed by atoms with E-state index in [9.17, 15) is 14.7 Å². The largest absolute Gasteiger partial charge is 0.481 e. The molecule has 1 aromatic rings. The van der Waals surface area contributed by atoms with Crippen LogP contribution in [0, 0.1) is 11.3 Å². The van der Waals surface area contributed by atoms with E-state index in [-0.39, 0.29) is 11.8 Å². The number of halogens is 2. The number of likely N-dealkylation sites (tertiary alicyclic amines) is 1. The van der Waals surface area contributed by atoms with Crippen LogP contribution in [0.4, 0.5) is 5.69 Å². The molecule has 1 heterocycles. The molecular weight excluding hydrogens is 351 g/mol. The number of nitrogens with one attached hydrogen (secondary N) is 1. The van der Waals surface area contributed by atoms with Gasteiger partial charge in [-0.1, -0.05) is 29.6 Å². The number of nitrogens with zero attached hydrogens (tertiary/aromatic N) is 1. The number of benzene rings is 1. The maximum absolute atomic E-state index is 12.6. The van der Waals surface area contributed by atoms with Gasteiger partial charge in [-0.25, -0.2) is 0 Å². The third kappa shape index (κ3) is 3.01. The lowest BCUT2D eigenvalue weighted by molar-refractivity contribution is -0.149. The van der Waals surface area contributed by atoms with E-state index in [1.54, 1.807) is 25.1 Å². The molecule has 24 heavy (non-hydrogen) atoms. The molecule has 2 N–H and O–H groups in total. The summed E-state index contributed by atoms with van der Waals surface area (Å²) in [5, 5.41) is 13.4. The molecule has 1 aromatic carbocycles. The molecule has 7 heteroatoms. The summed E-state index contributed by atoms with van der Waals surface area (Å²) in [6.45, 7) is 2.86. The minimum atomic E-state index is -0.738. The van der Waals surface area contributed by atoms with Crippen LogP contribution < -0.4 is 5.32 Å². The fraction of sp³-hybridized carbons (Fsp3) is 0.529. The van der Waals surface area contributed by atoms with Crippen molar-refractivity contribution in [3.05, 3.63) is 28.2 Å². The number of aliphatic carboxylic acids is 1. The standard InChI is InChI=1S/C17H20Cl2N2O3/c1-10(15(22)20-14-7-12(18)4-5-13(14)19)21-8-11-3-2-6-17(11,9-21)16(23)24/h4-5,7,10-11H,2-3,6,8-9H2,1H3,(H,20,22)(H,23,24)/t10?,11-,17+/m0/s1. The fourth-order valence-electron chi connectivity index (χ4n) is 3.97. The quantitative estimate of drug-likeness (QED) is 0.850. The first-order chi connectivity index (χ1) is 11.3. The Morgan fingerprint density at radius 2 is 2.17 bits per heavy atom. The Morgan fingerprint density at radius 1 is 1.42 bits per heavy atom. The molecule has 2 fully saturated rings. The number of rotatable bonds is 4. The Bertz CT molecular complexity index is 682.